The largest absolute Gasteiger partial charge is 0.493 e. The minimum Gasteiger partial charge on any atom is -0.493 e. The van der Waals surface area contributed by atoms with Crippen LogP contribution in [-0.4, -0.2) is 36.3 Å². The molecular formula is C27H21BrN2O5S. The summed E-state index contributed by atoms with van der Waals surface area (Å²) in [6, 6.07) is 22.0. The SMILES string of the molecule is COc1cc(/C=C2\SC(=O)N(CCOc3ccccc3)C2=O)c(Br)cc1OCc1ccccc1C#N. The van der Waals surface area contributed by atoms with E-state index in [1.807, 2.05) is 42.5 Å². The third-order valence-corrected chi connectivity index (χ3v) is 6.89. The van der Waals surface area contributed by atoms with E-state index in [9.17, 15) is 14.9 Å². The maximum atomic E-state index is 12.9. The van der Waals surface area contributed by atoms with Crippen LogP contribution in [0.3, 0.4) is 0 Å². The summed E-state index contributed by atoms with van der Waals surface area (Å²) < 4.78 is 17.7. The number of carbonyl (C=O) groups is 2. The number of hydrogen-bond acceptors (Lipinski definition) is 7. The van der Waals surface area contributed by atoms with Crippen LogP contribution in [-0.2, 0) is 11.4 Å². The number of para-hydroxylation sites is 1. The molecule has 7 nitrogen and oxygen atoms in total. The molecule has 0 N–H and O–H groups in total. The number of rotatable bonds is 9. The van der Waals surface area contributed by atoms with Crippen molar-refractivity contribution in [2.45, 2.75) is 6.61 Å². The van der Waals surface area contributed by atoms with E-state index in [0.717, 1.165) is 17.3 Å². The van der Waals surface area contributed by atoms with Gasteiger partial charge in [-0.3, -0.25) is 14.5 Å². The number of ether oxygens (including phenoxy) is 3. The van der Waals surface area contributed by atoms with Gasteiger partial charge >= 0.3 is 0 Å². The quantitative estimate of drug-likeness (QED) is 0.293. The molecule has 4 rings (SSSR count). The molecule has 1 heterocycles. The van der Waals surface area contributed by atoms with E-state index in [1.165, 1.54) is 12.0 Å². The number of carbonyl (C=O) groups excluding carboxylic acids is 2. The van der Waals surface area contributed by atoms with Gasteiger partial charge in [0.2, 0.25) is 0 Å². The van der Waals surface area contributed by atoms with Gasteiger partial charge in [0.25, 0.3) is 11.1 Å². The molecule has 0 spiro atoms. The minimum absolute atomic E-state index is 0.151. The number of amides is 2. The Morgan fingerprint density at radius 3 is 2.53 bits per heavy atom. The van der Waals surface area contributed by atoms with Crippen LogP contribution in [0.4, 0.5) is 4.79 Å². The fourth-order valence-corrected chi connectivity index (χ4v) is 4.74. The predicted octanol–water partition coefficient (Wildman–Crippen LogP) is 6.02. The van der Waals surface area contributed by atoms with Gasteiger partial charge in [0.1, 0.15) is 19.0 Å². The zero-order chi connectivity index (χ0) is 25.5. The van der Waals surface area contributed by atoms with Gasteiger partial charge in [0.05, 0.1) is 30.2 Å². The van der Waals surface area contributed by atoms with Crippen LogP contribution >= 0.6 is 27.7 Å². The van der Waals surface area contributed by atoms with Crippen molar-refractivity contribution in [3.05, 3.63) is 92.8 Å². The number of nitrogens with zero attached hydrogens (tertiary/aromatic N) is 2. The van der Waals surface area contributed by atoms with Crippen LogP contribution in [0.25, 0.3) is 6.08 Å². The van der Waals surface area contributed by atoms with Crippen molar-refractivity contribution in [2.75, 3.05) is 20.3 Å². The Morgan fingerprint density at radius 2 is 1.78 bits per heavy atom. The monoisotopic (exact) mass is 564 g/mol. The lowest BCUT2D eigenvalue weighted by atomic mass is 10.1. The fourth-order valence-electron chi connectivity index (χ4n) is 3.45. The van der Waals surface area contributed by atoms with Crippen LogP contribution < -0.4 is 14.2 Å². The third-order valence-electron chi connectivity index (χ3n) is 5.29. The average Bonchev–Trinajstić information content (AvgIpc) is 3.16. The van der Waals surface area contributed by atoms with Crippen LogP contribution in [0, 0.1) is 11.3 Å². The molecule has 1 saturated heterocycles. The van der Waals surface area contributed by atoms with Crippen LogP contribution in [0.2, 0.25) is 0 Å². The van der Waals surface area contributed by atoms with Crippen LogP contribution in [0.1, 0.15) is 16.7 Å². The Balaban J connectivity index is 1.46. The van der Waals surface area contributed by atoms with Crippen molar-refractivity contribution in [1.82, 2.24) is 4.90 Å². The minimum atomic E-state index is -0.374. The molecule has 0 bridgehead atoms. The topological polar surface area (TPSA) is 88.9 Å². The van der Waals surface area contributed by atoms with E-state index in [0.29, 0.717) is 37.8 Å². The average molecular weight is 565 g/mol. The Kier molecular flexibility index (Phi) is 8.31. The summed E-state index contributed by atoms with van der Waals surface area (Å²) in [6.45, 7) is 0.544. The lowest BCUT2D eigenvalue weighted by molar-refractivity contribution is -0.123. The highest BCUT2D eigenvalue weighted by Gasteiger charge is 2.35. The normalized spacial score (nSPS) is 14.1. The zero-order valence-electron chi connectivity index (χ0n) is 19.3. The molecule has 0 aromatic heterocycles. The van der Waals surface area contributed by atoms with Gasteiger partial charge < -0.3 is 14.2 Å². The lowest BCUT2D eigenvalue weighted by Crippen LogP contribution is -2.32. The number of thioether (sulfide) groups is 1. The molecule has 0 saturated carbocycles. The van der Waals surface area contributed by atoms with Crippen molar-refractivity contribution < 1.29 is 23.8 Å². The molecule has 1 aliphatic rings. The highest BCUT2D eigenvalue weighted by molar-refractivity contribution is 9.10. The standard InChI is InChI=1S/C27H21BrN2O5S/c1-33-23-13-20(22(28)15-24(23)35-17-19-8-6-5-7-18(19)16-29)14-25-26(31)30(27(32)36-25)11-12-34-21-9-3-2-4-10-21/h2-10,13-15H,11-12,17H2,1H3/b25-14-. The van der Waals surface area contributed by atoms with E-state index in [1.54, 1.807) is 30.3 Å². The first kappa shape index (κ1) is 25.4. The summed E-state index contributed by atoms with van der Waals surface area (Å²) in [6.07, 6.45) is 1.64. The Bertz CT molecular complexity index is 1350. The Labute approximate surface area is 221 Å². The molecule has 0 atom stereocenters. The predicted molar refractivity (Wildman–Crippen MR) is 141 cm³/mol. The second-order valence-electron chi connectivity index (χ2n) is 7.58. The maximum absolute atomic E-state index is 12.9. The van der Waals surface area contributed by atoms with Crippen LogP contribution in [0.15, 0.2) is 76.1 Å². The van der Waals surface area contributed by atoms with Gasteiger partial charge in [-0.2, -0.15) is 5.26 Å². The molecule has 9 heteroatoms. The van der Waals surface area contributed by atoms with E-state index in [4.69, 9.17) is 14.2 Å². The second-order valence-corrected chi connectivity index (χ2v) is 9.42. The van der Waals surface area contributed by atoms with Crippen molar-refractivity contribution in [3.8, 4) is 23.3 Å². The zero-order valence-corrected chi connectivity index (χ0v) is 21.7. The highest BCUT2D eigenvalue weighted by Crippen LogP contribution is 2.38. The van der Waals surface area contributed by atoms with E-state index in [-0.39, 0.29) is 30.9 Å². The molecule has 182 valence electrons. The third kappa shape index (κ3) is 5.90. The molecule has 1 aliphatic heterocycles. The van der Waals surface area contributed by atoms with Gasteiger partial charge in [-0.15, -0.1) is 0 Å². The number of nitriles is 1. The highest BCUT2D eigenvalue weighted by atomic mass is 79.9. The van der Waals surface area contributed by atoms with E-state index in [2.05, 4.69) is 22.0 Å². The van der Waals surface area contributed by atoms with Gasteiger partial charge in [-0.25, -0.2) is 0 Å². The van der Waals surface area contributed by atoms with Crippen molar-refractivity contribution in [2.24, 2.45) is 0 Å². The van der Waals surface area contributed by atoms with Crippen molar-refractivity contribution in [1.29, 1.82) is 5.26 Å². The molecule has 1 fully saturated rings. The van der Waals surface area contributed by atoms with E-state index < -0.39 is 0 Å². The first-order valence-electron chi connectivity index (χ1n) is 10.9. The summed E-state index contributed by atoms with van der Waals surface area (Å²) in [5.41, 5.74) is 1.95. The number of imide groups is 1. The van der Waals surface area contributed by atoms with Gasteiger partial charge in [-0.05, 0) is 53.7 Å². The second kappa shape index (κ2) is 11.8. The van der Waals surface area contributed by atoms with Gasteiger partial charge in [0, 0.05) is 10.0 Å². The summed E-state index contributed by atoms with van der Waals surface area (Å²) in [7, 11) is 1.52. The molecular weight excluding hydrogens is 544 g/mol. The van der Waals surface area contributed by atoms with Gasteiger partial charge in [-0.1, -0.05) is 52.3 Å². The summed E-state index contributed by atoms with van der Waals surface area (Å²) in [4.78, 5) is 26.8. The Hall–Kier alpha value is -3.74. The van der Waals surface area contributed by atoms with Crippen molar-refractivity contribution in [3.63, 3.8) is 0 Å². The summed E-state index contributed by atoms with van der Waals surface area (Å²) in [5.74, 6) is 1.23. The Morgan fingerprint density at radius 1 is 1.03 bits per heavy atom. The molecule has 3 aromatic carbocycles. The molecule has 36 heavy (non-hydrogen) atoms. The molecule has 0 radical (unpaired) electrons. The molecule has 0 unspecified atom stereocenters. The van der Waals surface area contributed by atoms with Crippen molar-refractivity contribution >= 4 is 44.9 Å². The number of methoxy groups -OCH3 is 1. The number of hydrogen-bond donors (Lipinski definition) is 0. The summed E-state index contributed by atoms with van der Waals surface area (Å²) >= 11 is 4.40. The van der Waals surface area contributed by atoms with E-state index >= 15 is 0 Å². The number of benzene rings is 3. The lowest BCUT2D eigenvalue weighted by Gasteiger charge is -2.14. The fraction of sp³-hybridized carbons (Fsp3) is 0.148. The first-order valence-corrected chi connectivity index (χ1v) is 12.5. The smallest absolute Gasteiger partial charge is 0.293 e. The summed E-state index contributed by atoms with van der Waals surface area (Å²) in [5, 5.41) is 8.94. The molecule has 3 aromatic rings. The number of halogens is 1. The van der Waals surface area contributed by atoms with Gasteiger partial charge in [0.15, 0.2) is 11.5 Å². The first-order chi connectivity index (χ1) is 17.5. The molecule has 2 amide bonds. The van der Waals surface area contributed by atoms with Crippen LogP contribution in [0.5, 0.6) is 17.2 Å². The molecule has 0 aliphatic carbocycles. The maximum Gasteiger partial charge on any atom is 0.293 e.